The molecule has 1 N–H and O–H groups in total. The summed E-state index contributed by atoms with van der Waals surface area (Å²) < 4.78 is 0. The van der Waals surface area contributed by atoms with E-state index in [0.29, 0.717) is 17.7 Å². The van der Waals surface area contributed by atoms with Crippen LogP contribution < -0.4 is 5.32 Å². The Bertz CT molecular complexity index is 409. The molecule has 0 aromatic rings. The van der Waals surface area contributed by atoms with Crippen LogP contribution in [0.15, 0.2) is 0 Å². The summed E-state index contributed by atoms with van der Waals surface area (Å²) in [5, 5.41) is 4.12. The van der Waals surface area contributed by atoms with Gasteiger partial charge in [-0.05, 0) is 31.4 Å². The van der Waals surface area contributed by atoms with E-state index >= 15 is 0 Å². The summed E-state index contributed by atoms with van der Waals surface area (Å²) in [4.78, 5) is 26.4. The Morgan fingerprint density at radius 2 is 1.90 bits per heavy atom. The topological polar surface area (TPSA) is 49.4 Å². The van der Waals surface area contributed by atoms with Crippen molar-refractivity contribution in [3.63, 3.8) is 0 Å². The highest BCUT2D eigenvalue weighted by Crippen LogP contribution is 2.32. The Morgan fingerprint density at radius 3 is 2.62 bits per heavy atom. The van der Waals surface area contributed by atoms with Gasteiger partial charge in [-0.3, -0.25) is 14.5 Å². The van der Waals surface area contributed by atoms with Crippen LogP contribution in [0.4, 0.5) is 0 Å². The highest BCUT2D eigenvalue weighted by Gasteiger charge is 2.44. The number of hydrogen-bond donors (Lipinski definition) is 1. The number of rotatable bonds is 5. The maximum atomic E-state index is 12.6. The molecule has 3 rings (SSSR count). The van der Waals surface area contributed by atoms with Gasteiger partial charge in [0.1, 0.15) is 0 Å². The second-order valence-corrected chi connectivity index (χ2v) is 8.01. The smallest absolute Gasteiger partial charge is 0.247 e. The molecule has 118 valence electrons. The first-order chi connectivity index (χ1) is 10.2. The molecule has 1 heterocycles. The van der Waals surface area contributed by atoms with Crippen molar-refractivity contribution < 1.29 is 9.59 Å². The highest BCUT2D eigenvalue weighted by molar-refractivity contribution is 7.99. The molecule has 1 aliphatic heterocycles. The summed E-state index contributed by atoms with van der Waals surface area (Å²) in [6.07, 6.45) is 8.28. The minimum Gasteiger partial charge on any atom is -0.302 e. The van der Waals surface area contributed by atoms with Crippen LogP contribution in [0.2, 0.25) is 0 Å². The third-order valence-electron chi connectivity index (χ3n) is 5.12. The Morgan fingerprint density at radius 1 is 1.14 bits per heavy atom. The zero-order valence-electron chi connectivity index (χ0n) is 12.8. The van der Waals surface area contributed by atoms with Crippen molar-refractivity contribution in [2.24, 2.45) is 0 Å². The number of amides is 2. The maximum Gasteiger partial charge on any atom is 0.247 e. The lowest BCUT2D eigenvalue weighted by molar-refractivity contribution is -0.141. The molecular weight excluding hydrogens is 284 g/mol. The number of hydrogen-bond acceptors (Lipinski definition) is 4. The molecule has 0 radical (unpaired) electrons. The van der Waals surface area contributed by atoms with Crippen LogP contribution in [0.25, 0.3) is 0 Å². The Hall–Kier alpha value is -0.550. The van der Waals surface area contributed by atoms with E-state index in [1.54, 1.807) is 4.90 Å². The summed E-state index contributed by atoms with van der Waals surface area (Å²) in [6, 6.07) is 0.322. The Kier molecular flexibility index (Phi) is 4.89. The lowest BCUT2D eigenvalue weighted by Gasteiger charge is -2.25. The van der Waals surface area contributed by atoms with E-state index in [1.807, 2.05) is 11.8 Å². The third kappa shape index (κ3) is 3.14. The highest BCUT2D eigenvalue weighted by atomic mass is 32.2. The monoisotopic (exact) mass is 310 g/mol. The van der Waals surface area contributed by atoms with Gasteiger partial charge >= 0.3 is 0 Å². The predicted octanol–water partition coefficient (Wildman–Crippen LogP) is 2.32. The van der Waals surface area contributed by atoms with Gasteiger partial charge in [-0.15, -0.1) is 0 Å². The summed E-state index contributed by atoms with van der Waals surface area (Å²) in [7, 11) is 0. The number of carbonyl (C=O) groups excluding carboxylic acids is 2. The number of carbonyl (C=O) groups is 2. The van der Waals surface area contributed by atoms with Crippen molar-refractivity contribution in [3.8, 4) is 0 Å². The molecule has 2 amide bonds. The second kappa shape index (κ2) is 6.69. The third-order valence-corrected chi connectivity index (χ3v) is 6.45. The first-order valence-corrected chi connectivity index (χ1v) is 9.49. The van der Waals surface area contributed by atoms with E-state index in [0.717, 1.165) is 37.9 Å². The van der Waals surface area contributed by atoms with Crippen LogP contribution in [0, 0.1) is 0 Å². The van der Waals surface area contributed by atoms with E-state index in [9.17, 15) is 9.59 Å². The molecule has 0 bridgehead atoms. The molecule has 4 nitrogen and oxygen atoms in total. The van der Waals surface area contributed by atoms with Crippen LogP contribution in [0.5, 0.6) is 0 Å². The average Bonchev–Trinajstić information content (AvgIpc) is 3.15. The number of nitrogens with zero attached hydrogens (tertiary/aromatic N) is 1. The van der Waals surface area contributed by atoms with E-state index < -0.39 is 0 Å². The molecule has 3 unspecified atom stereocenters. The maximum absolute atomic E-state index is 12.6. The van der Waals surface area contributed by atoms with Gasteiger partial charge in [0.15, 0.2) is 0 Å². The van der Waals surface area contributed by atoms with Crippen molar-refractivity contribution in [2.45, 2.75) is 81.7 Å². The predicted molar refractivity (Wildman–Crippen MR) is 85.2 cm³/mol. The van der Waals surface area contributed by atoms with Crippen LogP contribution >= 0.6 is 11.8 Å². The molecular formula is C16H26N2O2S. The fourth-order valence-electron chi connectivity index (χ4n) is 4.12. The molecule has 5 heteroatoms. The fraction of sp³-hybridized carbons (Fsp3) is 0.875. The lowest BCUT2D eigenvalue weighted by Crippen LogP contribution is -2.47. The Balaban J connectivity index is 1.61. The fourth-order valence-corrected chi connectivity index (χ4v) is 5.32. The van der Waals surface area contributed by atoms with Gasteiger partial charge in [-0.2, -0.15) is 11.8 Å². The SMILES string of the molecule is CCSC1CCCC1NC1CC(=O)N(C2CCCC2)C1=O. The lowest BCUT2D eigenvalue weighted by atomic mass is 10.1. The van der Waals surface area contributed by atoms with Crippen LogP contribution in [-0.4, -0.2) is 45.8 Å². The summed E-state index contributed by atoms with van der Waals surface area (Å²) in [5.41, 5.74) is 0. The van der Waals surface area contributed by atoms with Gasteiger partial charge in [0.2, 0.25) is 11.8 Å². The van der Waals surface area contributed by atoms with E-state index in [2.05, 4.69) is 12.2 Å². The molecule has 3 fully saturated rings. The molecule has 2 saturated carbocycles. The van der Waals surface area contributed by atoms with E-state index in [-0.39, 0.29) is 23.9 Å². The molecule has 0 aromatic carbocycles. The minimum atomic E-state index is -0.263. The number of likely N-dealkylation sites (tertiary alicyclic amines) is 1. The van der Waals surface area contributed by atoms with Crippen LogP contribution in [-0.2, 0) is 9.59 Å². The van der Waals surface area contributed by atoms with E-state index in [4.69, 9.17) is 0 Å². The summed E-state index contributed by atoms with van der Waals surface area (Å²) in [6.45, 7) is 2.19. The zero-order valence-corrected chi connectivity index (χ0v) is 13.7. The van der Waals surface area contributed by atoms with Gasteiger partial charge in [-0.1, -0.05) is 26.2 Å². The first-order valence-electron chi connectivity index (χ1n) is 8.44. The van der Waals surface area contributed by atoms with Gasteiger partial charge in [0, 0.05) is 17.3 Å². The van der Waals surface area contributed by atoms with Crippen molar-refractivity contribution in [1.82, 2.24) is 10.2 Å². The second-order valence-electron chi connectivity index (χ2n) is 6.49. The molecule has 3 atom stereocenters. The molecule has 21 heavy (non-hydrogen) atoms. The van der Waals surface area contributed by atoms with Crippen molar-refractivity contribution in [3.05, 3.63) is 0 Å². The number of nitrogens with one attached hydrogen (secondary N) is 1. The Labute approximate surface area is 131 Å². The zero-order chi connectivity index (χ0) is 14.8. The minimum absolute atomic E-state index is 0.0408. The molecule has 0 spiro atoms. The van der Waals surface area contributed by atoms with Gasteiger partial charge in [0.05, 0.1) is 12.5 Å². The number of imide groups is 1. The first kappa shape index (κ1) is 15.3. The van der Waals surface area contributed by atoms with Crippen molar-refractivity contribution in [2.75, 3.05) is 5.75 Å². The summed E-state index contributed by atoms with van der Waals surface area (Å²) in [5.74, 6) is 1.20. The molecule has 0 aromatic heterocycles. The molecule has 2 aliphatic carbocycles. The van der Waals surface area contributed by atoms with Crippen LogP contribution in [0.3, 0.4) is 0 Å². The quantitative estimate of drug-likeness (QED) is 0.792. The normalized spacial score (nSPS) is 34.3. The molecule has 1 saturated heterocycles. The van der Waals surface area contributed by atoms with Gasteiger partial charge in [0.25, 0.3) is 0 Å². The number of thioether (sulfide) groups is 1. The average molecular weight is 310 g/mol. The molecule has 3 aliphatic rings. The van der Waals surface area contributed by atoms with Gasteiger partial charge in [-0.25, -0.2) is 0 Å². The van der Waals surface area contributed by atoms with Crippen LogP contribution in [0.1, 0.15) is 58.3 Å². The van der Waals surface area contributed by atoms with E-state index in [1.165, 1.54) is 12.8 Å². The largest absolute Gasteiger partial charge is 0.302 e. The van der Waals surface area contributed by atoms with Crippen molar-refractivity contribution in [1.29, 1.82) is 0 Å². The summed E-state index contributed by atoms with van der Waals surface area (Å²) >= 11 is 1.99. The van der Waals surface area contributed by atoms with Crippen molar-refractivity contribution >= 4 is 23.6 Å². The van der Waals surface area contributed by atoms with Gasteiger partial charge < -0.3 is 5.32 Å². The standard InChI is InChI=1S/C16H26N2O2S/c1-2-21-14-9-5-8-12(14)17-13-10-15(19)18(16(13)20)11-6-3-4-7-11/h11-14,17H,2-10H2,1H3.